The molecule has 0 amide bonds. The zero-order valence-corrected chi connectivity index (χ0v) is 11.2. The van der Waals surface area contributed by atoms with E-state index in [-0.39, 0.29) is 0 Å². The Morgan fingerprint density at radius 3 is 2.43 bits per heavy atom. The first-order chi connectivity index (χ1) is 10.4. The van der Waals surface area contributed by atoms with Gasteiger partial charge in [0, 0.05) is 0 Å². The minimum atomic E-state index is 0.589. The molecule has 2 aromatic carbocycles. The molecule has 0 fully saturated rings. The summed E-state index contributed by atoms with van der Waals surface area (Å²) in [4.78, 5) is 4.61. The monoisotopic (exact) mass is 269 g/mol. The number of nitrogens with zero attached hydrogens (tertiary/aromatic N) is 3. The molecule has 4 aromatic rings. The second-order valence-electron chi connectivity index (χ2n) is 4.87. The second-order valence-corrected chi connectivity index (χ2v) is 4.87. The first kappa shape index (κ1) is 11.7. The minimum absolute atomic E-state index is 0.589. The van der Waals surface area contributed by atoms with Crippen molar-refractivity contribution in [2.45, 2.75) is 0 Å². The fourth-order valence-corrected chi connectivity index (χ4v) is 2.68. The van der Waals surface area contributed by atoms with Crippen LogP contribution in [0, 0.1) is 11.3 Å². The number of rotatable bonds is 1. The van der Waals surface area contributed by atoms with Crippen molar-refractivity contribution in [3.63, 3.8) is 0 Å². The maximum absolute atomic E-state index is 9.32. The molecule has 3 nitrogen and oxygen atoms in total. The van der Waals surface area contributed by atoms with Gasteiger partial charge in [-0.2, -0.15) is 5.26 Å². The topological polar surface area (TPSA) is 41.1 Å². The van der Waals surface area contributed by atoms with Crippen LogP contribution in [-0.4, -0.2) is 9.38 Å². The van der Waals surface area contributed by atoms with E-state index in [4.69, 9.17) is 0 Å². The van der Waals surface area contributed by atoms with Crippen molar-refractivity contribution in [3.8, 4) is 17.3 Å². The molecular weight excluding hydrogens is 258 g/mol. The highest BCUT2D eigenvalue weighted by atomic mass is 15.0. The molecule has 0 bridgehead atoms. The Bertz CT molecular complexity index is 992. The number of hydrogen-bond donors (Lipinski definition) is 0. The summed E-state index contributed by atoms with van der Waals surface area (Å²) in [6, 6.07) is 24.1. The predicted octanol–water partition coefficient (Wildman–Crippen LogP) is 4.03. The van der Waals surface area contributed by atoms with Gasteiger partial charge in [0.2, 0.25) is 0 Å². The van der Waals surface area contributed by atoms with Gasteiger partial charge < -0.3 is 0 Å². The van der Waals surface area contributed by atoms with Gasteiger partial charge in [-0.15, -0.1) is 0 Å². The number of aromatic nitrogens is 2. The smallest absolute Gasteiger partial charge is 0.156 e. The van der Waals surface area contributed by atoms with Gasteiger partial charge in [-0.1, -0.05) is 42.5 Å². The number of fused-ring (bicyclic) bond motifs is 3. The average Bonchev–Trinajstić information content (AvgIpc) is 2.94. The number of benzene rings is 2. The van der Waals surface area contributed by atoms with E-state index in [1.807, 2.05) is 54.6 Å². The number of hydrogen-bond acceptors (Lipinski definition) is 2. The van der Waals surface area contributed by atoms with Crippen LogP contribution in [0.15, 0.2) is 66.7 Å². The van der Waals surface area contributed by atoms with Gasteiger partial charge in [0.1, 0.15) is 6.07 Å². The standard InChI is InChI=1S/C18H11N3/c19-12-14-10-11-16(13-6-2-1-3-7-13)21-17-9-5-4-8-15(17)20-18(14)21/h1-11H. The van der Waals surface area contributed by atoms with E-state index < -0.39 is 0 Å². The molecule has 0 radical (unpaired) electrons. The number of pyridine rings is 1. The lowest BCUT2D eigenvalue weighted by atomic mass is 10.1. The molecular formula is C18H11N3. The minimum Gasteiger partial charge on any atom is -0.291 e. The normalized spacial score (nSPS) is 10.8. The number of para-hydroxylation sites is 2. The van der Waals surface area contributed by atoms with Gasteiger partial charge in [0.15, 0.2) is 5.65 Å². The van der Waals surface area contributed by atoms with Crippen molar-refractivity contribution in [1.29, 1.82) is 5.26 Å². The summed E-state index contributed by atoms with van der Waals surface area (Å²) in [6.07, 6.45) is 0. The molecule has 0 saturated carbocycles. The fraction of sp³-hybridized carbons (Fsp3) is 0. The molecule has 2 heterocycles. The molecule has 0 spiro atoms. The van der Waals surface area contributed by atoms with E-state index in [1.54, 1.807) is 0 Å². The van der Waals surface area contributed by atoms with Crippen LogP contribution in [-0.2, 0) is 0 Å². The molecule has 3 heteroatoms. The van der Waals surface area contributed by atoms with E-state index in [1.165, 1.54) is 0 Å². The molecule has 2 aromatic heterocycles. The highest BCUT2D eigenvalue weighted by Crippen LogP contribution is 2.27. The van der Waals surface area contributed by atoms with Crippen LogP contribution in [0.5, 0.6) is 0 Å². The van der Waals surface area contributed by atoms with Crippen LogP contribution in [0.1, 0.15) is 5.56 Å². The van der Waals surface area contributed by atoms with Crippen molar-refractivity contribution in [1.82, 2.24) is 9.38 Å². The van der Waals surface area contributed by atoms with E-state index in [9.17, 15) is 5.26 Å². The Balaban J connectivity index is 2.21. The van der Waals surface area contributed by atoms with Crippen molar-refractivity contribution >= 4 is 16.7 Å². The third-order valence-corrected chi connectivity index (χ3v) is 3.64. The largest absolute Gasteiger partial charge is 0.291 e. The first-order valence-electron chi connectivity index (χ1n) is 6.74. The van der Waals surface area contributed by atoms with Crippen molar-refractivity contribution in [3.05, 3.63) is 72.3 Å². The summed E-state index contributed by atoms with van der Waals surface area (Å²) < 4.78 is 2.06. The van der Waals surface area contributed by atoms with Gasteiger partial charge in [-0.05, 0) is 29.8 Å². The van der Waals surface area contributed by atoms with Crippen LogP contribution in [0.2, 0.25) is 0 Å². The van der Waals surface area contributed by atoms with Crippen molar-refractivity contribution < 1.29 is 0 Å². The molecule has 21 heavy (non-hydrogen) atoms. The molecule has 98 valence electrons. The maximum Gasteiger partial charge on any atom is 0.156 e. The van der Waals surface area contributed by atoms with Crippen molar-refractivity contribution in [2.75, 3.05) is 0 Å². The van der Waals surface area contributed by atoms with E-state index in [0.717, 1.165) is 22.3 Å². The Morgan fingerprint density at radius 2 is 1.62 bits per heavy atom. The third-order valence-electron chi connectivity index (χ3n) is 3.64. The Labute approximate surface area is 121 Å². The molecule has 0 unspecified atom stereocenters. The second kappa shape index (κ2) is 4.46. The molecule has 0 aliphatic heterocycles. The summed E-state index contributed by atoms with van der Waals surface area (Å²) in [6.45, 7) is 0. The fourth-order valence-electron chi connectivity index (χ4n) is 2.68. The molecule has 0 atom stereocenters. The SMILES string of the molecule is N#Cc1ccc(-c2ccccc2)n2c1nc1ccccc12. The highest BCUT2D eigenvalue weighted by molar-refractivity contribution is 5.85. The average molecular weight is 269 g/mol. The highest BCUT2D eigenvalue weighted by Gasteiger charge is 2.12. The van der Waals surface area contributed by atoms with Gasteiger partial charge >= 0.3 is 0 Å². The summed E-state index contributed by atoms with van der Waals surface area (Å²) in [5.41, 5.74) is 5.36. The summed E-state index contributed by atoms with van der Waals surface area (Å²) >= 11 is 0. The lowest BCUT2D eigenvalue weighted by Gasteiger charge is -2.07. The Morgan fingerprint density at radius 1 is 0.857 bits per heavy atom. The van der Waals surface area contributed by atoms with Gasteiger partial charge in [-0.3, -0.25) is 4.40 Å². The predicted molar refractivity (Wildman–Crippen MR) is 82.8 cm³/mol. The molecule has 0 N–H and O–H groups in total. The van der Waals surface area contributed by atoms with Crippen LogP contribution in [0.3, 0.4) is 0 Å². The summed E-state index contributed by atoms with van der Waals surface area (Å²) in [5.74, 6) is 0. The van der Waals surface area contributed by atoms with Crippen molar-refractivity contribution in [2.24, 2.45) is 0 Å². The summed E-state index contributed by atoms with van der Waals surface area (Å²) in [5, 5.41) is 9.32. The Kier molecular flexibility index (Phi) is 2.48. The van der Waals surface area contributed by atoms with Crippen LogP contribution >= 0.6 is 0 Å². The zero-order chi connectivity index (χ0) is 14.2. The van der Waals surface area contributed by atoms with Crippen LogP contribution in [0.4, 0.5) is 0 Å². The molecule has 0 saturated heterocycles. The van der Waals surface area contributed by atoms with Gasteiger partial charge in [-0.25, -0.2) is 4.98 Å². The van der Waals surface area contributed by atoms with Gasteiger partial charge in [0.25, 0.3) is 0 Å². The lowest BCUT2D eigenvalue weighted by molar-refractivity contribution is 1.22. The first-order valence-corrected chi connectivity index (χ1v) is 6.74. The molecule has 4 rings (SSSR count). The quantitative estimate of drug-likeness (QED) is 0.523. The van der Waals surface area contributed by atoms with Crippen LogP contribution in [0.25, 0.3) is 27.9 Å². The summed E-state index contributed by atoms with van der Waals surface area (Å²) in [7, 11) is 0. The molecule has 0 aliphatic carbocycles. The van der Waals surface area contributed by atoms with E-state index >= 15 is 0 Å². The number of nitriles is 1. The maximum atomic E-state index is 9.32. The van der Waals surface area contributed by atoms with Crippen LogP contribution < -0.4 is 0 Å². The lowest BCUT2D eigenvalue weighted by Crippen LogP contribution is -1.94. The molecule has 0 aliphatic rings. The zero-order valence-electron chi connectivity index (χ0n) is 11.2. The van der Waals surface area contributed by atoms with E-state index in [2.05, 4.69) is 27.6 Å². The Hall–Kier alpha value is -3.12. The number of imidazole rings is 1. The third kappa shape index (κ3) is 1.70. The van der Waals surface area contributed by atoms with E-state index in [0.29, 0.717) is 11.2 Å². The van der Waals surface area contributed by atoms with Gasteiger partial charge in [0.05, 0.1) is 22.3 Å².